The highest BCUT2D eigenvalue weighted by molar-refractivity contribution is 4.73. The van der Waals surface area contributed by atoms with Gasteiger partial charge >= 0.3 is 0 Å². The molecule has 0 aromatic carbocycles. The van der Waals surface area contributed by atoms with Crippen LogP contribution in [0.15, 0.2) is 0 Å². The van der Waals surface area contributed by atoms with Crippen LogP contribution in [-0.2, 0) is 0 Å². The first-order valence-corrected chi connectivity index (χ1v) is 5.83. The average molecular weight is 200 g/mol. The normalized spacial score (nSPS) is 26.4. The van der Waals surface area contributed by atoms with Gasteiger partial charge in [0.15, 0.2) is 0 Å². The first-order valence-electron chi connectivity index (χ1n) is 5.83. The molecule has 0 bridgehead atoms. The minimum Gasteiger partial charge on any atom is -0.390 e. The van der Waals surface area contributed by atoms with Gasteiger partial charge in [0, 0.05) is 19.6 Å². The Morgan fingerprint density at radius 3 is 3.00 bits per heavy atom. The van der Waals surface area contributed by atoms with E-state index in [2.05, 4.69) is 24.1 Å². The van der Waals surface area contributed by atoms with Crippen molar-refractivity contribution in [2.24, 2.45) is 5.92 Å². The third-order valence-electron chi connectivity index (χ3n) is 2.84. The van der Waals surface area contributed by atoms with E-state index in [9.17, 15) is 5.11 Å². The van der Waals surface area contributed by atoms with Crippen LogP contribution in [0.25, 0.3) is 0 Å². The van der Waals surface area contributed by atoms with Crippen LogP contribution in [-0.4, -0.2) is 48.8 Å². The van der Waals surface area contributed by atoms with Crippen molar-refractivity contribution in [3.8, 4) is 0 Å². The molecule has 3 nitrogen and oxygen atoms in total. The average Bonchev–Trinajstić information content (AvgIpc) is 2.15. The van der Waals surface area contributed by atoms with Crippen molar-refractivity contribution in [3.63, 3.8) is 0 Å². The summed E-state index contributed by atoms with van der Waals surface area (Å²) in [6, 6.07) is 0. The van der Waals surface area contributed by atoms with Crippen molar-refractivity contribution in [1.82, 2.24) is 10.2 Å². The highest BCUT2D eigenvalue weighted by Gasteiger charge is 2.18. The molecule has 1 aliphatic rings. The minimum atomic E-state index is -0.208. The van der Waals surface area contributed by atoms with E-state index >= 15 is 0 Å². The Morgan fingerprint density at radius 2 is 2.36 bits per heavy atom. The van der Waals surface area contributed by atoms with Gasteiger partial charge in [-0.1, -0.05) is 13.8 Å². The first-order chi connectivity index (χ1) is 6.72. The van der Waals surface area contributed by atoms with Crippen LogP contribution in [0.3, 0.4) is 0 Å². The van der Waals surface area contributed by atoms with Crippen LogP contribution in [0.5, 0.6) is 0 Å². The minimum absolute atomic E-state index is 0.208. The zero-order valence-electron chi connectivity index (χ0n) is 9.50. The van der Waals surface area contributed by atoms with Gasteiger partial charge < -0.3 is 15.3 Å². The fourth-order valence-electron chi connectivity index (χ4n) is 2.13. The second kappa shape index (κ2) is 6.38. The van der Waals surface area contributed by atoms with Gasteiger partial charge in [-0.3, -0.25) is 0 Å². The SMILES string of the molecule is CCNCC(O)CN1CCCC(C)C1. The number of hydrogen-bond donors (Lipinski definition) is 2. The summed E-state index contributed by atoms with van der Waals surface area (Å²) in [4.78, 5) is 2.39. The van der Waals surface area contributed by atoms with Crippen LogP contribution in [0.2, 0.25) is 0 Å². The van der Waals surface area contributed by atoms with Gasteiger partial charge in [-0.15, -0.1) is 0 Å². The molecule has 1 saturated heterocycles. The molecular weight excluding hydrogens is 176 g/mol. The summed E-state index contributed by atoms with van der Waals surface area (Å²) in [6.45, 7) is 9.17. The highest BCUT2D eigenvalue weighted by atomic mass is 16.3. The van der Waals surface area contributed by atoms with Crippen molar-refractivity contribution >= 4 is 0 Å². The van der Waals surface area contributed by atoms with Crippen LogP contribution < -0.4 is 5.32 Å². The van der Waals surface area contributed by atoms with Crippen molar-refractivity contribution in [1.29, 1.82) is 0 Å². The molecule has 1 heterocycles. The number of piperidine rings is 1. The van der Waals surface area contributed by atoms with Crippen LogP contribution in [0, 0.1) is 5.92 Å². The zero-order chi connectivity index (χ0) is 10.4. The molecule has 0 aromatic rings. The molecule has 0 aliphatic carbocycles. The number of likely N-dealkylation sites (tertiary alicyclic amines) is 1. The lowest BCUT2D eigenvalue weighted by atomic mass is 10.00. The molecular formula is C11H24N2O. The summed E-state index contributed by atoms with van der Waals surface area (Å²) in [5.41, 5.74) is 0. The second-order valence-corrected chi connectivity index (χ2v) is 4.47. The summed E-state index contributed by atoms with van der Waals surface area (Å²) >= 11 is 0. The molecule has 1 rings (SSSR count). The Bertz CT molecular complexity index is 152. The molecule has 1 fully saturated rings. The molecule has 2 atom stereocenters. The fraction of sp³-hybridized carbons (Fsp3) is 1.00. The molecule has 1 aliphatic heterocycles. The zero-order valence-corrected chi connectivity index (χ0v) is 9.50. The summed E-state index contributed by atoms with van der Waals surface area (Å²) in [6.07, 6.45) is 2.43. The van der Waals surface area contributed by atoms with Gasteiger partial charge in [0.1, 0.15) is 0 Å². The molecule has 3 heteroatoms. The van der Waals surface area contributed by atoms with E-state index < -0.39 is 0 Å². The van der Waals surface area contributed by atoms with Crippen LogP contribution in [0.1, 0.15) is 26.7 Å². The summed E-state index contributed by atoms with van der Waals surface area (Å²) < 4.78 is 0. The molecule has 0 radical (unpaired) electrons. The maximum absolute atomic E-state index is 9.71. The molecule has 0 aromatic heterocycles. The molecule has 2 N–H and O–H groups in total. The van der Waals surface area contributed by atoms with E-state index in [0.717, 1.165) is 38.6 Å². The summed E-state index contributed by atoms with van der Waals surface area (Å²) in [5, 5.41) is 12.9. The van der Waals surface area contributed by atoms with Crippen molar-refractivity contribution in [3.05, 3.63) is 0 Å². The van der Waals surface area contributed by atoms with Gasteiger partial charge in [0.25, 0.3) is 0 Å². The molecule has 2 unspecified atom stereocenters. The lowest BCUT2D eigenvalue weighted by Gasteiger charge is -2.32. The number of aliphatic hydroxyl groups excluding tert-OH is 1. The van der Waals surface area contributed by atoms with E-state index in [0.29, 0.717) is 0 Å². The molecule has 0 spiro atoms. The van der Waals surface area contributed by atoms with Gasteiger partial charge in [-0.05, 0) is 31.8 Å². The Labute approximate surface area is 87.5 Å². The van der Waals surface area contributed by atoms with Crippen molar-refractivity contribution in [2.45, 2.75) is 32.8 Å². The standard InChI is InChI=1S/C11H24N2O/c1-3-12-7-11(14)9-13-6-4-5-10(2)8-13/h10-12,14H,3-9H2,1-2H3. The van der Waals surface area contributed by atoms with Gasteiger partial charge in [0.05, 0.1) is 6.10 Å². The lowest BCUT2D eigenvalue weighted by Crippen LogP contribution is -2.42. The molecule has 0 saturated carbocycles. The van der Waals surface area contributed by atoms with Gasteiger partial charge in [-0.2, -0.15) is 0 Å². The molecule has 84 valence electrons. The monoisotopic (exact) mass is 200 g/mol. The molecule has 0 amide bonds. The van der Waals surface area contributed by atoms with Gasteiger partial charge in [-0.25, -0.2) is 0 Å². The maximum Gasteiger partial charge on any atom is 0.0791 e. The highest BCUT2D eigenvalue weighted by Crippen LogP contribution is 2.15. The topological polar surface area (TPSA) is 35.5 Å². The number of β-amino-alcohol motifs (C(OH)–C–C–N with tert-alkyl or cyclic N) is 1. The predicted octanol–water partition coefficient (Wildman–Crippen LogP) is 0.689. The van der Waals surface area contributed by atoms with Crippen LogP contribution in [0.4, 0.5) is 0 Å². The Morgan fingerprint density at radius 1 is 1.57 bits per heavy atom. The van der Waals surface area contributed by atoms with Crippen molar-refractivity contribution < 1.29 is 5.11 Å². The molecule has 14 heavy (non-hydrogen) atoms. The number of aliphatic hydroxyl groups is 1. The van der Waals surface area contributed by atoms with Gasteiger partial charge in [0.2, 0.25) is 0 Å². The number of likely N-dealkylation sites (N-methyl/N-ethyl adjacent to an activating group) is 1. The Hall–Kier alpha value is -0.120. The van der Waals surface area contributed by atoms with E-state index in [-0.39, 0.29) is 6.10 Å². The number of nitrogens with zero attached hydrogens (tertiary/aromatic N) is 1. The van der Waals surface area contributed by atoms with E-state index in [1.54, 1.807) is 0 Å². The van der Waals surface area contributed by atoms with Crippen LogP contribution >= 0.6 is 0 Å². The maximum atomic E-state index is 9.71. The summed E-state index contributed by atoms with van der Waals surface area (Å²) in [5.74, 6) is 0.801. The predicted molar refractivity (Wildman–Crippen MR) is 59.4 cm³/mol. The number of nitrogens with one attached hydrogen (secondary N) is 1. The smallest absolute Gasteiger partial charge is 0.0791 e. The van der Waals surface area contributed by atoms with Crippen molar-refractivity contribution in [2.75, 3.05) is 32.7 Å². The van der Waals surface area contributed by atoms with E-state index in [1.807, 2.05) is 0 Å². The Balaban J connectivity index is 2.15. The van der Waals surface area contributed by atoms with E-state index in [4.69, 9.17) is 0 Å². The second-order valence-electron chi connectivity index (χ2n) is 4.47. The first kappa shape index (κ1) is 12.0. The summed E-state index contributed by atoms with van der Waals surface area (Å²) in [7, 11) is 0. The quantitative estimate of drug-likeness (QED) is 0.685. The Kier molecular flexibility index (Phi) is 5.45. The lowest BCUT2D eigenvalue weighted by molar-refractivity contribution is 0.0874. The third-order valence-corrected chi connectivity index (χ3v) is 2.84. The number of hydrogen-bond acceptors (Lipinski definition) is 3. The van der Waals surface area contributed by atoms with E-state index in [1.165, 1.54) is 12.8 Å². The number of rotatable bonds is 5. The third kappa shape index (κ3) is 4.40. The fourth-order valence-corrected chi connectivity index (χ4v) is 2.13. The largest absolute Gasteiger partial charge is 0.390 e.